The molecule has 16 heavy (non-hydrogen) atoms. The minimum atomic E-state index is 0.432. The molecule has 0 unspecified atom stereocenters. The van der Waals surface area contributed by atoms with Crippen LogP contribution in [0, 0.1) is 0 Å². The summed E-state index contributed by atoms with van der Waals surface area (Å²) in [6.07, 6.45) is 0. The summed E-state index contributed by atoms with van der Waals surface area (Å²) in [5, 5.41) is 2.85. The van der Waals surface area contributed by atoms with E-state index < -0.39 is 0 Å². The van der Waals surface area contributed by atoms with Gasteiger partial charge in [-0.1, -0.05) is 29.3 Å². The summed E-state index contributed by atoms with van der Waals surface area (Å²) < 4.78 is 5.56. The lowest BCUT2D eigenvalue weighted by Gasteiger charge is -2.09. The number of thiophene rings is 1. The van der Waals surface area contributed by atoms with Gasteiger partial charge in [0.1, 0.15) is 6.61 Å². The topological polar surface area (TPSA) is 35.2 Å². The van der Waals surface area contributed by atoms with Crippen molar-refractivity contribution in [1.82, 2.24) is 0 Å². The Labute approximate surface area is 108 Å². The third-order valence-electron chi connectivity index (χ3n) is 1.96. The summed E-state index contributed by atoms with van der Waals surface area (Å²) in [7, 11) is 0. The lowest BCUT2D eigenvalue weighted by atomic mass is 10.3. The van der Waals surface area contributed by atoms with Crippen molar-refractivity contribution in [3.8, 4) is 5.75 Å². The van der Waals surface area contributed by atoms with Crippen molar-refractivity contribution < 1.29 is 4.74 Å². The van der Waals surface area contributed by atoms with Gasteiger partial charge in [-0.05, 0) is 23.6 Å². The Bertz CT molecular complexity index is 462. The van der Waals surface area contributed by atoms with E-state index in [1.54, 1.807) is 23.5 Å². The number of nitrogens with two attached hydrogens (primary N) is 1. The van der Waals surface area contributed by atoms with Crippen LogP contribution in [-0.2, 0) is 6.61 Å². The molecule has 84 valence electrons. The van der Waals surface area contributed by atoms with Crippen molar-refractivity contribution in [1.29, 1.82) is 0 Å². The zero-order valence-corrected chi connectivity index (χ0v) is 10.6. The molecule has 0 aliphatic rings. The summed E-state index contributed by atoms with van der Waals surface area (Å²) in [5.74, 6) is 0.478. The van der Waals surface area contributed by atoms with Crippen LogP contribution in [0.15, 0.2) is 29.6 Å². The maximum absolute atomic E-state index is 5.99. The molecule has 0 aliphatic carbocycles. The van der Waals surface area contributed by atoms with Crippen LogP contribution in [0.4, 0.5) is 5.69 Å². The minimum Gasteiger partial charge on any atom is -0.485 e. The summed E-state index contributed by atoms with van der Waals surface area (Å²) in [6, 6.07) is 7.20. The summed E-state index contributed by atoms with van der Waals surface area (Å²) in [4.78, 5) is 1.11. The highest BCUT2D eigenvalue weighted by molar-refractivity contribution is 7.09. The fourth-order valence-corrected chi connectivity index (χ4v) is 2.48. The Morgan fingerprint density at radius 2 is 1.94 bits per heavy atom. The first-order chi connectivity index (χ1) is 7.66. The number of hydrogen-bond acceptors (Lipinski definition) is 3. The third kappa shape index (κ3) is 2.61. The highest BCUT2D eigenvalue weighted by Crippen LogP contribution is 2.35. The molecule has 2 nitrogen and oxygen atoms in total. The zero-order chi connectivity index (χ0) is 11.5. The van der Waals surface area contributed by atoms with Gasteiger partial charge in [0.2, 0.25) is 0 Å². The summed E-state index contributed by atoms with van der Waals surface area (Å²) in [6.45, 7) is 0.459. The second-order valence-electron chi connectivity index (χ2n) is 3.18. The van der Waals surface area contributed by atoms with E-state index in [0.29, 0.717) is 28.1 Å². The van der Waals surface area contributed by atoms with Gasteiger partial charge in [-0.3, -0.25) is 0 Å². The number of anilines is 1. The van der Waals surface area contributed by atoms with E-state index in [4.69, 9.17) is 33.7 Å². The Hall–Kier alpha value is -0.900. The molecule has 0 saturated heterocycles. The van der Waals surface area contributed by atoms with Crippen LogP contribution in [0.1, 0.15) is 4.88 Å². The van der Waals surface area contributed by atoms with Crippen molar-refractivity contribution >= 4 is 40.2 Å². The first kappa shape index (κ1) is 11.6. The van der Waals surface area contributed by atoms with Crippen molar-refractivity contribution in [2.45, 2.75) is 6.61 Å². The standard InChI is InChI=1S/C11H9Cl2NOS/c12-9-4-7(14)5-10(13)11(9)15-6-8-2-1-3-16-8/h1-5H,6,14H2. The molecule has 0 spiro atoms. The minimum absolute atomic E-state index is 0.432. The molecule has 0 radical (unpaired) electrons. The Morgan fingerprint density at radius 1 is 1.25 bits per heavy atom. The first-order valence-electron chi connectivity index (χ1n) is 4.56. The molecular weight excluding hydrogens is 265 g/mol. The lowest BCUT2D eigenvalue weighted by molar-refractivity contribution is 0.310. The maximum atomic E-state index is 5.99. The molecule has 1 aromatic heterocycles. The maximum Gasteiger partial charge on any atom is 0.157 e. The third-order valence-corrected chi connectivity index (χ3v) is 3.37. The van der Waals surface area contributed by atoms with E-state index in [0.717, 1.165) is 4.88 Å². The molecule has 0 aliphatic heterocycles. The Balaban J connectivity index is 2.15. The number of nitrogen functional groups attached to an aromatic ring is 1. The van der Waals surface area contributed by atoms with Crippen molar-refractivity contribution in [2.75, 3.05) is 5.73 Å². The largest absolute Gasteiger partial charge is 0.485 e. The first-order valence-corrected chi connectivity index (χ1v) is 6.20. The van der Waals surface area contributed by atoms with Gasteiger partial charge in [0.25, 0.3) is 0 Å². The van der Waals surface area contributed by atoms with Gasteiger partial charge in [0, 0.05) is 10.6 Å². The average Bonchev–Trinajstić information content (AvgIpc) is 2.68. The van der Waals surface area contributed by atoms with E-state index >= 15 is 0 Å². The van der Waals surface area contributed by atoms with E-state index in [-0.39, 0.29) is 0 Å². The van der Waals surface area contributed by atoms with Crippen LogP contribution in [0.25, 0.3) is 0 Å². The summed E-state index contributed by atoms with van der Waals surface area (Å²) in [5.41, 5.74) is 6.12. The molecule has 0 amide bonds. The van der Waals surface area contributed by atoms with E-state index in [2.05, 4.69) is 0 Å². The second kappa shape index (κ2) is 4.95. The predicted octanol–water partition coefficient (Wildman–Crippen LogP) is 4.22. The molecule has 2 rings (SSSR count). The highest BCUT2D eigenvalue weighted by atomic mass is 35.5. The van der Waals surface area contributed by atoms with E-state index in [1.165, 1.54) is 0 Å². The van der Waals surface area contributed by atoms with Crippen LogP contribution >= 0.6 is 34.5 Å². The Kier molecular flexibility index (Phi) is 3.59. The SMILES string of the molecule is Nc1cc(Cl)c(OCc2cccs2)c(Cl)c1. The number of halogens is 2. The zero-order valence-electron chi connectivity index (χ0n) is 8.24. The van der Waals surface area contributed by atoms with Gasteiger partial charge < -0.3 is 10.5 Å². The van der Waals surface area contributed by atoms with Gasteiger partial charge in [-0.25, -0.2) is 0 Å². The van der Waals surface area contributed by atoms with E-state index in [1.807, 2.05) is 17.5 Å². The summed E-state index contributed by atoms with van der Waals surface area (Å²) >= 11 is 13.6. The van der Waals surface area contributed by atoms with Gasteiger partial charge in [0.15, 0.2) is 5.75 Å². The molecule has 0 fully saturated rings. The molecule has 2 aromatic rings. The van der Waals surface area contributed by atoms with Crippen LogP contribution in [0.3, 0.4) is 0 Å². The number of ether oxygens (including phenoxy) is 1. The molecule has 5 heteroatoms. The lowest BCUT2D eigenvalue weighted by Crippen LogP contribution is -1.95. The van der Waals surface area contributed by atoms with Gasteiger partial charge in [0.05, 0.1) is 10.0 Å². The Morgan fingerprint density at radius 3 is 2.50 bits per heavy atom. The van der Waals surface area contributed by atoms with Crippen molar-refractivity contribution in [3.63, 3.8) is 0 Å². The molecule has 0 atom stereocenters. The van der Waals surface area contributed by atoms with E-state index in [9.17, 15) is 0 Å². The van der Waals surface area contributed by atoms with Gasteiger partial charge in [-0.2, -0.15) is 0 Å². The number of benzene rings is 1. The van der Waals surface area contributed by atoms with Gasteiger partial charge in [-0.15, -0.1) is 11.3 Å². The normalized spacial score (nSPS) is 10.4. The van der Waals surface area contributed by atoms with Crippen LogP contribution in [-0.4, -0.2) is 0 Å². The fraction of sp³-hybridized carbons (Fsp3) is 0.0909. The van der Waals surface area contributed by atoms with Crippen molar-refractivity contribution in [2.24, 2.45) is 0 Å². The number of rotatable bonds is 3. The average molecular weight is 274 g/mol. The number of hydrogen-bond donors (Lipinski definition) is 1. The smallest absolute Gasteiger partial charge is 0.157 e. The molecule has 0 saturated carbocycles. The molecule has 1 heterocycles. The quantitative estimate of drug-likeness (QED) is 0.850. The molecule has 2 N–H and O–H groups in total. The monoisotopic (exact) mass is 273 g/mol. The predicted molar refractivity (Wildman–Crippen MR) is 69.5 cm³/mol. The second-order valence-corrected chi connectivity index (χ2v) is 5.03. The molecular formula is C11H9Cl2NOS. The fourth-order valence-electron chi connectivity index (χ4n) is 1.26. The van der Waals surface area contributed by atoms with Crippen LogP contribution < -0.4 is 10.5 Å². The van der Waals surface area contributed by atoms with Crippen LogP contribution in [0.2, 0.25) is 10.0 Å². The molecule has 0 bridgehead atoms. The van der Waals surface area contributed by atoms with Crippen LogP contribution in [0.5, 0.6) is 5.75 Å². The molecule has 1 aromatic carbocycles. The van der Waals surface area contributed by atoms with Crippen molar-refractivity contribution in [3.05, 3.63) is 44.6 Å². The van der Waals surface area contributed by atoms with Gasteiger partial charge >= 0.3 is 0 Å². The highest BCUT2D eigenvalue weighted by Gasteiger charge is 2.09.